The zero-order valence-electron chi connectivity index (χ0n) is 15.9. The number of rotatable bonds is 6. The lowest BCUT2D eigenvalue weighted by atomic mass is 9.74. The summed E-state index contributed by atoms with van der Waals surface area (Å²) < 4.78 is 7.48. The average molecular weight is 369 g/mol. The molecule has 4 rings (SSSR count). The first-order chi connectivity index (χ1) is 13.1. The van der Waals surface area contributed by atoms with Crippen molar-refractivity contribution >= 4 is 5.91 Å². The van der Waals surface area contributed by atoms with Crippen LogP contribution < -0.4 is 10.1 Å². The second-order valence-electron chi connectivity index (χ2n) is 7.67. The van der Waals surface area contributed by atoms with Crippen molar-refractivity contribution in [3.63, 3.8) is 0 Å². The first-order valence-electron chi connectivity index (χ1n) is 9.83. The molecule has 2 N–H and O–H groups in total. The maximum absolute atomic E-state index is 13.0. The summed E-state index contributed by atoms with van der Waals surface area (Å²) in [7, 11) is 0. The van der Waals surface area contributed by atoms with Gasteiger partial charge in [0.2, 0.25) is 0 Å². The molecule has 6 nitrogen and oxygen atoms in total. The summed E-state index contributed by atoms with van der Waals surface area (Å²) in [4.78, 5) is 13.0. The number of nitrogens with one attached hydrogen (secondary N) is 1. The van der Waals surface area contributed by atoms with Gasteiger partial charge in [-0.2, -0.15) is 5.10 Å². The first-order valence-corrected chi connectivity index (χ1v) is 9.83. The van der Waals surface area contributed by atoms with Crippen LogP contribution in [-0.4, -0.2) is 33.5 Å². The molecule has 27 heavy (non-hydrogen) atoms. The van der Waals surface area contributed by atoms with E-state index in [9.17, 15) is 9.90 Å². The number of benzene rings is 1. The molecule has 1 aliphatic heterocycles. The Morgan fingerprint density at radius 1 is 1.44 bits per heavy atom. The van der Waals surface area contributed by atoms with Crippen molar-refractivity contribution in [3.8, 4) is 5.75 Å². The van der Waals surface area contributed by atoms with Gasteiger partial charge in [0.15, 0.2) is 0 Å². The van der Waals surface area contributed by atoms with Crippen molar-refractivity contribution in [3.05, 3.63) is 46.8 Å². The van der Waals surface area contributed by atoms with Crippen molar-refractivity contribution in [2.24, 2.45) is 5.92 Å². The number of hydrogen-bond acceptors (Lipinski definition) is 4. The van der Waals surface area contributed by atoms with Gasteiger partial charge in [-0.3, -0.25) is 9.48 Å². The number of aromatic nitrogens is 2. The lowest BCUT2D eigenvalue weighted by molar-refractivity contribution is 0.0235. The molecule has 1 amide bonds. The fourth-order valence-electron chi connectivity index (χ4n) is 4.10. The number of ether oxygens (including phenoxy) is 1. The molecule has 2 aromatic rings. The summed E-state index contributed by atoms with van der Waals surface area (Å²) in [5, 5.41) is 17.3. The highest BCUT2D eigenvalue weighted by atomic mass is 16.5. The van der Waals surface area contributed by atoms with Gasteiger partial charge in [-0.15, -0.1) is 0 Å². The highest BCUT2D eigenvalue weighted by Crippen LogP contribution is 2.40. The molecular formula is C21H27N3O3. The van der Waals surface area contributed by atoms with E-state index in [-0.39, 0.29) is 24.0 Å². The molecule has 2 heterocycles. The second-order valence-corrected chi connectivity index (χ2v) is 7.67. The van der Waals surface area contributed by atoms with Crippen LogP contribution in [-0.2, 0) is 13.0 Å². The van der Waals surface area contributed by atoms with Gasteiger partial charge >= 0.3 is 0 Å². The molecule has 6 heteroatoms. The molecule has 1 atom stereocenters. The Morgan fingerprint density at radius 3 is 3.00 bits per heavy atom. The standard InChI is InChI=1S/C21H27N3O3/c1-3-7-24-13(2)18(12-22-24)21(26)23-20(16-10-17(25)11-16)15-4-5-19-14(9-15)6-8-27-19/h4-5,9,12,16-17,20,25H,3,6-8,10-11H2,1-2H3,(H,23,26). The molecule has 144 valence electrons. The SMILES string of the molecule is CCCn1ncc(C(=O)NC(c2ccc3c(c2)CCO3)C2CC(O)C2)c1C. The van der Waals surface area contributed by atoms with E-state index in [0.29, 0.717) is 25.0 Å². The largest absolute Gasteiger partial charge is 0.493 e. The minimum Gasteiger partial charge on any atom is -0.493 e. The van der Waals surface area contributed by atoms with Crippen LogP contribution >= 0.6 is 0 Å². The molecule has 1 aromatic carbocycles. The fraction of sp³-hybridized carbons (Fsp3) is 0.524. The van der Waals surface area contributed by atoms with Crippen molar-refractivity contribution < 1.29 is 14.6 Å². The summed E-state index contributed by atoms with van der Waals surface area (Å²) in [5.74, 6) is 1.09. The van der Waals surface area contributed by atoms with Crippen LogP contribution in [0.2, 0.25) is 0 Å². The third-order valence-electron chi connectivity index (χ3n) is 5.76. The Labute approximate surface area is 159 Å². The summed E-state index contributed by atoms with van der Waals surface area (Å²) in [6.45, 7) is 5.55. The predicted octanol–water partition coefficient (Wildman–Crippen LogP) is 2.78. The zero-order chi connectivity index (χ0) is 19.0. The highest BCUT2D eigenvalue weighted by Gasteiger charge is 2.36. The van der Waals surface area contributed by atoms with Gasteiger partial charge in [-0.1, -0.05) is 13.0 Å². The van der Waals surface area contributed by atoms with Crippen molar-refractivity contribution in [2.45, 2.75) is 58.2 Å². The summed E-state index contributed by atoms with van der Waals surface area (Å²) in [6, 6.07) is 6.07. The number of amides is 1. The third kappa shape index (κ3) is 3.46. The predicted molar refractivity (Wildman–Crippen MR) is 102 cm³/mol. The summed E-state index contributed by atoms with van der Waals surface area (Å²) in [6.07, 6.45) is 4.70. The van der Waals surface area contributed by atoms with E-state index >= 15 is 0 Å². The quantitative estimate of drug-likeness (QED) is 0.821. The second kappa shape index (κ2) is 7.35. The Hall–Kier alpha value is -2.34. The molecule has 0 saturated heterocycles. The van der Waals surface area contributed by atoms with Gasteiger partial charge in [0.05, 0.1) is 30.5 Å². The molecule has 0 bridgehead atoms. The molecule has 1 aliphatic carbocycles. The third-order valence-corrected chi connectivity index (χ3v) is 5.76. The molecule has 1 saturated carbocycles. The average Bonchev–Trinajstić information content (AvgIpc) is 3.24. The lowest BCUT2D eigenvalue weighted by Gasteiger charge is -2.38. The van der Waals surface area contributed by atoms with Gasteiger partial charge in [0, 0.05) is 18.7 Å². The fourth-order valence-corrected chi connectivity index (χ4v) is 4.10. The minimum atomic E-state index is -0.263. The topological polar surface area (TPSA) is 76.4 Å². The number of aliphatic hydroxyl groups is 1. The summed E-state index contributed by atoms with van der Waals surface area (Å²) >= 11 is 0. The number of hydrogen-bond donors (Lipinski definition) is 2. The van der Waals surface area contributed by atoms with Gasteiger partial charge in [-0.25, -0.2) is 0 Å². The van der Waals surface area contributed by atoms with Gasteiger partial charge in [0.1, 0.15) is 5.75 Å². The number of aryl methyl sites for hydroxylation is 1. The molecule has 1 fully saturated rings. The molecular weight excluding hydrogens is 342 g/mol. The molecule has 0 radical (unpaired) electrons. The van der Waals surface area contributed by atoms with Crippen LogP contribution in [0.15, 0.2) is 24.4 Å². The van der Waals surface area contributed by atoms with Crippen molar-refractivity contribution in [2.75, 3.05) is 6.61 Å². The number of carbonyl (C=O) groups excluding carboxylic acids is 1. The number of carbonyl (C=O) groups is 1. The lowest BCUT2D eigenvalue weighted by Crippen LogP contribution is -2.41. The van der Waals surface area contributed by atoms with Crippen LogP contribution in [0.1, 0.15) is 59.4 Å². The smallest absolute Gasteiger partial charge is 0.255 e. The Bertz CT molecular complexity index is 839. The Morgan fingerprint density at radius 2 is 2.26 bits per heavy atom. The van der Waals surface area contributed by atoms with Crippen LogP contribution in [0.3, 0.4) is 0 Å². The van der Waals surface area contributed by atoms with E-state index in [1.807, 2.05) is 23.7 Å². The van der Waals surface area contributed by atoms with E-state index < -0.39 is 0 Å². The molecule has 0 spiro atoms. The van der Waals surface area contributed by atoms with Crippen LogP contribution in [0.5, 0.6) is 5.75 Å². The Kier molecular flexibility index (Phi) is 4.91. The number of nitrogens with zero attached hydrogens (tertiary/aromatic N) is 2. The van der Waals surface area contributed by atoms with Crippen molar-refractivity contribution in [1.82, 2.24) is 15.1 Å². The zero-order valence-corrected chi connectivity index (χ0v) is 15.9. The normalized spacial score (nSPS) is 21.9. The van der Waals surface area contributed by atoms with Gasteiger partial charge < -0.3 is 15.2 Å². The van der Waals surface area contributed by atoms with Crippen LogP contribution in [0.25, 0.3) is 0 Å². The van der Waals surface area contributed by atoms with Crippen molar-refractivity contribution in [1.29, 1.82) is 0 Å². The van der Waals surface area contributed by atoms with Gasteiger partial charge in [-0.05, 0) is 55.4 Å². The molecule has 1 unspecified atom stereocenters. The highest BCUT2D eigenvalue weighted by molar-refractivity contribution is 5.95. The van der Waals surface area contributed by atoms with E-state index in [1.165, 1.54) is 5.56 Å². The monoisotopic (exact) mass is 369 g/mol. The summed E-state index contributed by atoms with van der Waals surface area (Å²) in [5.41, 5.74) is 3.79. The minimum absolute atomic E-state index is 0.0991. The maximum atomic E-state index is 13.0. The number of aliphatic hydroxyl groups excluding tert-OH is 1. The van der Waals surface area contributed by atoms with E-state index in [1.54, 1.807) is 6.20 Å². The van der Waals surface area contributed by atoms with Crippen LogP contribution in [0.4, 0.5) is 0 Å². The number of fused-ring (bicyclic) bond motifs is 1. The molecule has 2 aliphatic rings. The molecule has 1 aromatic heterocycles. The van der Waals surface area contributed by atoms with Gasteiger partial charge in [0.25, 0.3) is 5.91 Å². The van der Waals surface area contributed by atoms with E-state index in [4.69, 9.17) is 4.74 Å². The van der Waals surface area contributed by atoms with E-state index in [0.717, 1.165) is 36.4 Å². The first kappa shape index (κ1) is 18.0. The maximum Gasteiger partial charge on any atom is 0.255 e. The van der Waals surface area contributed by atoms with Crippen LogP contribution in [0, 0.1) is 12.8 Å². The Balaban J connectivity index is 1.57. The van der Waals surface area contributed by atoms with E-state index in [2.05, 4.69) is 23.4 Å².